The minimum absolute atomic E-state index is 0. The molecule has 0 amide bonds. The van der Waals surface area contributed by atoms with Gasteiger partial charge in [0.2, 0.25) is 0 Å². The van der Waals surface area contributed by atoms with E-state index in [1.54, 1.807) is 0 Å². The molecule has 84 valence electrons. The maximum absolute atomic E-state index is 3.41. The summed E-state index contributed by atoms with van der Waals surface area (Å²) in [5, 5.41) is 2.63. The van der Waals surface area contributed by atoms with Gasteiger partial charge in [0.25, 0.3) is 0 Å². The van der Waals surface area contributed by atoms with Gasteiger partial charge in [-0.25, -0.2) is 0 Å². The molecule has 0 bridgehead atoms. The highest BCUT2D eigenvalue weighted by atomic mass is 14.7. The Morgan fingerprint density at radius 3 is 2.31 bits per heavy atom. The summed E-state index contributed by atoms with van der Waals surface area (Å²) in [5.74, 6) is 0. The topological polar surface area (TPSA) is 15.8 Å². The normalized spacial score (nSPS) is 9.81. The van der Waals surface area contributed by atoms with E-state index in [0.717, 1.165) is 0 Å². The molecule has 0 spiro atoms. The van der Waals surface area contributed by atoms with Gasteiger partial charge in [-0.2, -0.15) is 0 Å². The van der Waals surface area contributed by atoms with Crippen LogP contribution < -0.4 is 0 Å². The number of rotatable bonds is 0. The first-order valence-electron chi connectivity index (χ1n) is 4.82. The van der Waals surface area contributed by atoms with Crippen LogP contribution >= 0.6 is 0 Å². The maximum atomic E-state index is 3.41. The summed E-state index contributed by atoms with van der Waals surface area (Å²) in [4.78, 5) is 3.41. The number of hydrogen-bond acceptors (Lipinski definition) is 0. The van der Waals surface area contributed by atoms with Crippen LogP contribution in [0, 0.1) is 6.92 Å². The first-order chi connectivity index (χ1) is 6.84. The zero-order valence-corrected chi connectivity index (χ0v) is 8.04. The van der Waals surface area contributed by atoms with Gasteiger partial charge in [-0.05, 0) is 25.1 Å². The van der Waals surface area contributed by atoms with Crippen LogP contribution in [0.5, 0.6) is 0 Å². The molecular formula is C15H19N. The lowest BCUT2D eigenvalue weighted by atomic mass is 10.1. The van der Waals surface area contributed by atoms with Crippen molar-refractivity contribution in [3.05, 3.63) is 48.0 Å². The summed E-state index contributed by atoms with van der Waals surface area (Å²) >= 11 is 0. The van der Waals surface area contributed by atoms with Crippen LogP contribution in [-0.4, -0.2) is 4.98 Å². The molecule has 0 saturated carbocycles. The number of para-hydroxylation sites is 1. The molecule has 1 heteroatoms. The van der Waals surface area contributed by atoms with Crippen molar-refractivity contribution in [2.75, 3.05) is 0 Å². The third kappa shape index (κ3) is 1.69. The van der Waals surface area contributed by atoms with E-state index in [1.165, 1.54) is 27.4 Å². The Labute approximate surface area is 97.1 Å². The molecule has 3 rings (SSSR count). The van der Waals surface area contributed by atoms with Gasteiger partial charge in [-0.1, -0.05) is 44.7 Å². The summed E-state index contributed by atoms with van der Waals surface area (Å²) in [7, 11) is 0. The molecule has 1 aromatic heterocycles. The Morgan fingerprint density at radius 1 is 0.812 bits per heavy atom. The number of hydrogen-bond donors (Lipinski definition) is 1. The fourth-order valence-electron chi connectivity index (χ4n) is 1.96. The number of benzene rings is 2. The molecule has 16 heavy (non-hydrogen) atoms. The fraction of sp³-hybridized carbons (Fsp3) is 0.200. The summed E-state index contributed by atoms with van der Waals surface area (Å²) in [6, 6.07) is 14.9. The van der Waals surface area contributed by atoms with Gasteiger partial charge in [0.15, 0.2) is 0 Å². The molecule has 1 N–H and O–H groups in total. The molecular weight excluding hydrogens is 194 g/mol. The monoisotopic (exact) mass is 213 g/mol. The summed E-state index contributed by atoms with van der Waals surface area (Å²) < 4.78 is 0. The molecule has 0 aliphatic rings. The van der Waals surface area contributed by atoms with Crippen molar-refractivity contribution >= 4 is 21.8 Å². The zero-order chi connectivity index (χ0) is 9.54. The van der Waals surface area contributed by atoms with Gasteiger partial charge in [0.05, 0.1) is 0 Å². The van der Waals surface area contributed by atoms with E-state index in [1.807, 2.05) is 0 Å². The van der Waals surface area contributed by atoms with Crippen LogP contribution in [0.25, 0.3) is 21.8 Å². The van der Waals surface area contributed by atoms with Crippen molar-refractivity contribution in [2.24, 2.45) is 0 Å². The second-order valence-corrected chi connectivity index (χ2v) is 3.72. The van der Waals surface area contributed by atoms with Crippen molar-refractivity contribution in [3.8, 4) is 0 Å². The Balaban J connectivity index is 0.000000640. The highest BCUT2D eigenvalue weighted by Gasteiger charge is 2.01. The van der Waals surface area contributed by atoms with E-state index in [2.05, 4.69) is 54.4 Å². The van der Waals surface area contributed by atoms with Gasteiger partial charge in [-0.15, -0.1) is 0 Å². The van der Waals surface area contributed by atoms with Crippen LogP contribution in [-0.2, 0) is 0 Å². The highest BCUT2D eigenvalue weighted by molar-refractivity contribution is 6.07. The van der Waals surface area contributed by atoms with Crippen LogP contribution in [0.4, 0.5) is 0 Å². The number of nitrogens with one attached hydrogen (secondary N) is 1. The third-order valence-corrected chi connectivity index (χ3v) is 2.66. The van der Waals surface area contributed by atoms with Crippen LogP contribution in [0.3, 0.4) is 0 Å². The number of aromatic nitrogens is 1. The van der Waals surface area contributed by atoms with Crippen molar-refractivity contribution in [1.82, 2.24) is 4.98 Å². The standard InChI is InChI=1S/C13H11N.2CH4/c1-9-6-7-13-11(8-9)10-4-2-3-5-12(10)14-13;;/h2-8,14H,1H3;2*1H4. The second-order valence-electron chi connectivity index (χ2n) is 3.72. The number of aromatic amines is 1. The van der Waals surface area contributed by atoms with Gasteiger partial charge >= 0.3 is 0 Å². The Bertz CT molecular complexity index is 605. The molecule has 0 aliphatic carbocycles. The van der Waals surface area contributed by atoms with E-state index in [9.17, 15) is 0 Å². The van der Waals surface area contributed by atoms with Gasteiger partial charge in [0, 0.05) is 21.8 Å². The highest BCUT2D eigenvalue weighted by Crippen LogP contribution is 2.25. The molecule has 0 atom stereocenters. The minimum atomic E-state index is 0. The molecule has 3 aromatic rings. The average molecular weight is 213 g/mol. The van der Waals surface area contributed by atoms with E-state index < -0.39 is 0 Å². The fourth-order valence-corrected chi connectivity index (χ4v) is 1.96. The smallest absolute Gasteiger partial charge is 0.0465 e. The lowest BCUT2D eigenvalue weighted by Gasteiger charge is -1.92. The van der Waals surface area contributed by atoms with Crippen LogP contribution in [0.1, 0.15) is 20.4 Å². The Hall–Kier alpha value is -1.76. The van der Waals surface area contributed by atoms with Crippen molar-refractivity contribution in [2.45, 2.75) is 21.8 Å². The molecule has 1 heterocycles. The van der Waals surface area contributed by atoms with Gasteiger partial charge in [-0.3, -0.25) is 0 Å². The maximum Gasteiger partial charge on any atom is 0.0465 e. The quantitative estimate of drug-likeness (QED) is 0.546. The van der Waals surface area contributed by atoms with Crippen molar-refractivity contribution < 1.29 is 0 Å². The van der Waals surface area contributed by atoms with Crippen LogP contribution in [0.2, 0.25) is 0 Å². The van der Waals surface area contributed by atoms with Crippen molar-refractivity contribution in [1.29, 1.82) is 0 Å². The van der Waals surface area contributed by atoms with Crippen molar-refractivity contribution in [3.63, 3.8) is 0 Å². The predicted octanol–water partition coefficient (Wildman–Crippen LogP) is 4.90. The Morgan fingerprint density at radius 2 is 1.50 bits per heavy atom. The molecule has 0 fully saturated rings. The summed E-state index contributed by atoms with van der Waals surface area (Å²) in [6.07, 6.45) is 0. The molecule has 2 aromatic carbocycles. The van der Waals surface area contributed by atoms with Crippen LogP contribution in [0.15, 0.2) is 42.5 Å². The minimum Gasteiger partial charge on any atom is -0.355 e. The van der Waals surface area contributed by atoms with E-state index in [4.69, 9.17) is 0 Å². The number of H-pyrrole nitrogens is 1. The summed E-state index contributed by atoms with van der Waals surface area (Å²) in [6.45, 7) is 2.13. The lowest BCUT2D eigenvalue weighted by Crippen LogP contribution is -1.70. The summed E-state index contributed by atoms with van der Waals surface area (Å²) in [5.41, 5.74) is 3.74. The van der Waals surface area contributed by atoms with Gasteiger partial charge < -0.3 is 4.98 Å². The molecule has 0 radical (unpaired) electrons. The largest absolute Gasteiger partial charge is 0.355 e. The van der Waals surface area contributed by atoms with E-state index in [-0.39, 0.29) is 14.9 Å². The SMILES string of the molecule is C.C.Cc1ccc2[nH]c3ccccc3c2c1. The first-order valence-corrected chi connectivity index (χ1v) is 4.82. The number of fused-ring (bicyclic) bond motifs is 3. The first kappa shape index (κ1) is 12.3. The van der Waals surface area contributed by atoms with E-state index >= 15 is 0 Å². The lowest BCUT2D eigenvalue weighted by molar-refractivity contribution is 1.49. The Kier molecular flexibility index (Phi) is 3.38. The second kappa shape index (κ2) is 4.40. The van der Waals surface area contributed by atoms with E-state index in [0.29, 0.717) is 0 Å². The molecule has 0 unspecified atom stereocenters. The molecule has 0 saturated heterocycles. The third-order valence-electron chi connectivity index (χ3n) is 2.66. The molecule has 1 nitrogen and oxygen atoms in total. The molecule has 0 aliphatic heterocycles. The predicted molar refractivity (Wildman–Crippen MR) is 74.0 cm³/mol. The average Bonchev–Trinajstić information content (AvgIpc) is 2.56. The zero-order valence-electron chi connectivity index (χ0n) is 8.04. The number of aryl methyl sites for hydroxylation is 1. The van der Waals surface area contributed by atoms with Gasteiger partial charge in [0.1, 0.15) is 0 Å².